The van der Waals surface area contributed by atoms with Crippen LogP contribution in [0.5, 0.6) is 5.75 Å². The number of fused-ring (bicyclic) bond motifs is 2. The van der Waals surface area contributed by atoms with Crippen LogP contribution in [0.15, 0.2) is 30.6 Å². The quantitative estimate of drug-likeness (QED) is 0.397. The summed E-state index contributed by atoms with van der Waals surface area (Å²) in [6.07, 6.45) is 5.65. The lowest BCUT2D eigenvalue weighted by atomic mass is 9.48. The first-order valence-corrected chi connectivity index (χ1v) is 14.7. The number of halogens is 1. The topological polar surface area (TPSA) is 102 Å². The Morgan fingerprint density at radius 2 is 1.81 bits per heavy atom. The number of piperidine rings is 1. The maximum absolute atomic E-state index is 13.8. The van der Waals surface area contributed by atoms with Crippen LogP contribution in [0.3, 0.4) is 0 Å². The zero-order chi connectivity index (χ0) is 26.6. The molecule has 2 aromatic rings. The first kappa shape index (κ1) is 26.5. The maximum atomic E-state index is 13.8. The number of anilines is 1. The average molecular weight is 542 g/mol. The number of benzene rings is 1. The first-order chi connectivity index (χ1) is 17.4. The van der Waals surface area contributed by atoms with Crippen molar-refractivity contribution < 1.29 is 22.7 Å². The number of aromatic nitrogens is 2. The summed E-state index contributed by atoms with van der Waals surface area (Å²) in [7, 11) is 2.78. The van der Waals surface area contributed by atoms with E-state index in [1.54, 1.807) is 0 Å². The van der Waals surface area contributed by atoms with Gasteiger partial charge < -0.3 is 14.4 Å². The number of sulfone groups is 1. The molecule has 194 valence electrons. The molecule has 0 radical (unpaired) electrons. The van der Waals surface area contributed by atoms with Crippen molar-refractivity contribution in [3.8, 4) is 5.75 Å². The van der Waals surface area contributed by atoms with Gasteiger partial charge in [0.25, 0.3) is 0 Å². The van der Waals surface area contributed by atoms with Gasteiger partial charge >= 0.3 is 0 Å². The van der Waals surface area contributed by atoms with Crippen molar-refractivity contribution in [2.45, 2.75) is 28.2 Å². The lowest BCUT2D eigenvalue weighted by molar-refractivity contribution is -0.125. The Hall–Kier alpha value is -2.08. The van der Waals surface area contributed by atoms with Gasteiger partial charge in [0.05, 0.1) is 31.0 Å². The predicted molar refractivity (Wildman–Crippen MR) is 150 cm³/mol. The van der Waals surface area contributed by atoms with Crippen molar-refractivity contribution in [2.75, 3.05) is 50.6 Å². The van der Waals surface area contributed by atoms with Gasteiger partial charge in [0.2, 0.25) is 5.91 Å². The lowest BCUT2D eigenvalue weighted by Crippen LogP contribution is -2.57. The van der Waals surface area contributed by atoms with E-state index in [1.165, 1.54) is 18.6 Å². The van der Waals surface area contributed by atoms with Gasteiger partial charge in [-0.2, -0.15) is 0 Å². The molecule has 0 saturated carbocycles. The van der Waals surface area contributed by atoms with Gasteiger partial charge in [0.15, 0.2) is 26.2 Å². The van der Waals surface area contributed by atoms with Gasteiger partial charge in [0.1, 0.15) is 30.1 Å². The largest absolute Gasteiger partial charge is 0.489 e. The van der Waals surface area contributed by atoms with Gasteiger partial charge in [-0.3, -0.25) is 9.69 Å². The summed E-state index contributed by atoms with van der Waals surface area (Å²) >= 11 is 6.36. The summed E-state index contributed by atoms with van der Waals surface area (Å²) in [5.41, 5.74) is 1.46. The van der Waals surface area contributed by atoms with Crippen molar-refractivity contribution in [1.29, 1.82) is 0 Å². The number of likely N-dealkylation sites (tertiary alicyclic amines) is 1. The fourth-order valence-electron chi connectivity index (χ4n) is 5.55. The molecular formula is C23H30B3ClN4O5S. The van der Waals surface area contributed by atoms with E-state index in [-0.39, 0.29) is 30.2 Å². The van der Waals surface area contributed by atoms with Crippen molar-refractivity contribution in [2.24, 2.45) is 0 Å². The van der Waals surface area contributed by atoms with Crippen LogP contribution in [0.2, 0.25) is 5.02 Å². The molecule has 2 fully saturated rings. The Labute approximate surface area is 225 Å². The van der Waals surface area contributed by atoms with Crippen molar-refractivity contribution in [3.05, 3.63) is 47.0 Å². The summed E-state index contributed by atoms with van der Waals surface area (Å²) in [5, 5.41) is 0.330. The second kappa shape index (κ2) is 9.29. The van der Waals surface area contributed by atoms with E-state index in [0.717, 1.165) is 37.2 Å². The molecule has 1 amide bonds. The molecule has 0 unspecified atom stereocenters. The Balaban J connectivity index is 1.20. The highest BCUT2D eigenvalue weighted by Crippen LogP contribution is 2.50. The summed E-state index contributed by atoms with van der Waals surface area (Å²) < 4.78 is 34.2. The molecule has 1 aromatic heterocycles. The molecule has 1 aromatic carbocycles. The summed E-state index contributed by atoms with van der Waals surface area (Å²) in [6.45, 7) is 2.79. The van der Waals surface area contributed by atoms with Crippen LogP contribution in [0.1, 0.15) is 24.2 Å². The molecule has 4 heterocycles. The van der Waals surface area contributed by atoms with E-state index in [2.05, 4.69) is 38.4 Å². The molecule has 5 rings (SSSR count). The van der Waals surface area contributed by atoms with Gasteiger partial charge in [-0.25, -0.2) is 18.4 Å². The minimum absolute atomic E-state index is 0.0647. The molecule has 14 heteroatoms. The van der Waals surface area contributed by atoms with Crippen molar-refractivity contribution in [3.63, 3.8) is 0 Å². The first-order valence-electron chi connectivity index (χ1n) is 12.5. The Kier molecular flexibility index (Phi) is 6.66. The second-order valence-corrected chi connectivity index (χ2v) is 14.0. The van der Waals surface area contributed by atoms with E-state index < -0.39 is 20.0 Å². The van der Waals surface area contributed by atoms with E-state index in [0.29, 0.717) is 23.9 Å². The number of ether oxygens (including phenoxy) is 2. The van der Waals surface area contributed by atoms with Crippen molar-refractivity contribution >= 4 is 56.6 Å². The SMILES string of the molecule is BC(B)(B)N1C(=O)C2(CCN(CCOc3cnc(C4(S(C)(=O)=O)COC4)nc3)CC2)c2cc(Cl)ccc21. The molecule has 37 heavy (non-hydrogen) atoms. The van der Waals surface area contributed by atoms with Gasteiger partial charge in [0, 0.05) is 23.5 Å². The minimum Gasteiger partial charge on any atom is -0.489 e. The van der Waals surface area contributed by atoms with Gasteiger partial charge in [-0.1, -0.05) is 11.6 Å². The van der Waals surface area contributed by atoms with Crippen LogP contribution in [-0.2, 0) is 29.5 Å². The van der Waals surface area contributed by atoms with Crippen LogP contribution in [0.25, 0.3) is 0 Å². The second-order valence-electron chi connectivity index (χ2n) is 11.2. The number of amides is 1. The van der Waals surface area contributed by atoms with E-state index in [4.69, 9.17) is 21.1 Å². The van der Waals surface area contributed by atoms with Crippen LogP contribution in [-0.4, -0.2) is 104 Å². The van der Waals surface area contributed by atoms with Crippen molar-refractivity contribution in [1.82, 2.24) is 14.9 Å². The number of carbonyl (C=O) groups excluding carboxylic acids is 1. The fourth-order valence-corrected chi connectivity index (χ4v) is 6.75. The number of carbonyl (C=O) groups is 1. The smallest absolute Gasteiger partial charge is 0.236 e. The molecule has 2 saturated heterocycles. The normalized spacial score (nSPS) is 21.0. The third kappa shape index (κ3) is 4.47. The molecule has 0 aliphatic carbocycles. The molecule has 1 spiro atoms. The lowest BCUT2D eigenvalue weighted by Gasteiger charge is -2.40. The Morgan fingerprint density at radius 3 is 2.35 bits per heavy atom. The van der Waals surface area contributed by atoms with E-state index in [1.807, 2.05) is 23.1 Å². The average Bonchev–Trinajstić information content (AvgIpc) is 3.02. The molecule has 0 atom stereocenters. The highest BCUT2D eigenvalue weighted by molar-refractivity contribution is 7.91. The van der Waals surface area contributed by atoms with E-state index in [9.17, 15) is 13.2 Å². The molecular weight excluding hydrogens is 512 g/mol. The summed E-state index contributed by atoms with van der Waals surface area (Å²) in [4.78, 5) is 26.5. The highest BCUT2D eigenvalue weighted by Gasteiger charge is 2.54. The molecule has 3 aliphatic rings. The Bertz CT molecular complexity index is 1310. The number of hydrogen-bond donors (Lipinski definition) is 0. The zero-order valence-corrected chi connectivity index (χ0v) is 23.2. The Morgan fingerprint density at radius 1 is 1.16 bits per heavy atom. The van der Waals surface area contributed by atoms with Crippen LogP contribution < -0.4 is 9.64 Å². The monoisotopic (exact) mass is 542 g/mol. The summed E-state index contributed by atoms with van der Waals surface area (Å²) in [6, 6.07) is 5.79. The maximum Gasteiger partial charge on any atom is 0.236 e. The third-order valence-corrected chi connectivity index (χ3v) is 9.87. The predicted octanol–water partition coefficient (Wildman–Crippen LogP) is -1.33. The minimum atomic E-state index is -3.40. The molecule has 3 aliphatic heterocycles. The third-order valence-electron chi connectivity index (χ3n) is 7.80. The number of nitrogens with zero attached hydrogens (tertiary/aromatic N) is 4. The summed E-state index contributed by atoms with van der Waals surface area (Å²) in [5.74, 6) is 0.881. The van der Waals surface area contributed by atoms with Crippen LogP contribution >= 0.6 is 11.6 Å². The fraction of sp³-hybridized carbons (Fsp3) is 0.522. The molecule has 0 bridgehead atoms. The highest BCUT2D eigenvalue weighted by atomic mass is 35.5. The zero-order valence-electron chi connectivity index (χ0n) is 21.7. The standard InChI is InChI=1S/C23H30B3ClN4O5S/c1-37(33,34)22(13-35-14-22)19-28-11-16(12-29-19)36-9-8-30-6-4-21(5-7-30)17-10-15(27)2-3-18(17)31(20(21)32)23(24,25)26/h2-3,10-12H,4-9,13-14,24-26H2,1H3. The van der Waals surface area contributed by atoms with Crippen LogP contribution in [0.4, 0.5) is 5.69 Å². The van der Waals surface area contributed by atoms with Gasteiger partial charge in [-0.15, -0.1) is 0 Å². The van der Waals surface area contributed by atoms with Gasteiger partial charge in [-0.05, 0) is 54.9 Å². The molecule has 0 N–H and O–H groups in total. The number of hydrogen-bond acceptors (Lipinski definition) is 8. The molecule has 9 nitrogen and oxygen atoms in total. The van der Waals surface area contributed by atoms with Crippen LogP contribution in [0, 0.1) is 0 Å². The van der Waals surface area contributed by atoms with E-state index >= 15 is 0 Å². The number of rotatable bonds is 7.